The summed E-state index contributed by atoms with van der Waals surface area (Å²) in [5, 5.41) is 3.93. The van der Waals surface area contributed by atoms with Gasteiger partial charge in [-0.3, -0.25) is 9.69 Å². The number of pyridine rings is 2. The van der Waals surface area contributed by atoms with Gasteiger partial charge < -0.3 is 10.2 Å². The van der Waals surface area contributed by atoms with Gasteiger partial charge in [0.2, 0.25) is 0 Å². The van der Waals surface area contributed by atoms with E-state index in [0.717, 1.165) is 64.0 Å². The average molecular weight is 535 g/mol. The first-order chi connectivity index (χ1) is 19.0. The fourth-order valence-electron chi connectivity index (χ4n) is 4.92. The Morgan fingerprint density at radius 1 is 0.897 bits per heavy atom. The number of benzene rings is 2. The largest absolute Gasteiger partial charge is 0.369 e. The molecule has 1 aliphatic heterocycles. The number of carbonyl (C=O) groups is 1. The molecule has 1 saturated heterocycles. The Kier molecular flexibility index (Phi) is 7.04. The Balaban J connectivity index is 1.33. The molecule has 0 saturated carbocycles. The smallest absolute Gasteiger partial charge is 0.274 e. The van der Waals surface area contributed by atoms with Crippen molar-refractivity contribution in [1.29, 1.82) is 0 Å². The van der Waals surface area contributed by atoms with Crippen LogP contribution in [0.25, 0.3) is 32.2 Å². The van der Waals surface area contributed by atoms with E-state index in [0.29, 0.717) is 17.4 Å². The second-order valence-electron chi connectivity index (χ2n) is 9.93. The predicted octanol–water partition coefficient (Wildman–Crippen LogP) is 6.20. The number of amides is 1. The summed E-state index contributed by atoms with van der Waals surface area (Å²) in [7, 11) is 0. The first-order valence-electron chi connectivity index (χ1n) is 13.2. The molecule has 0 atom stereocenters. The predicted molar refractivity (Wildman–Crippen MR) is 159 cm³/mol. The molecule has 39 heavy (non-hydrogen) atoms. The molecule has 4 heterocycles. The summed E-state index contributed by atoms with van der Waals surface area (Å²) in [5.41, 5.74) is 5.57. The summed E-state index contributed by atoms with van der Waals surface area (Å²) in [6.45, 7) is 8.28. The summed E-state index contributed by atoms with van der Waals surface area (Å²) >= 11 is 1.51. The highest BCUT2D eigenvalue weighted by atomic mass is 32.1. The number of fused-ring (bicyclic) bond motifs is 1. The van der Waals surface area contributed by atoms with Crippen LogP contribution in [0.4, 0.5) is 11.4 Å². The van der Waals surface area contributed by atoms with Gasteiger partial charge in [-0.05, 0) is 50.2 Å². The molecule has 1 N–H and O–H groups in total. The van der Waals surface area contributed by atoms with Gasteiger partial charge in [0.05, 0.1) is 11.4 Å². The van der Waals surface area contributed by atoms with Crippen LogP contribution in [0.2, 0.25) is 0 Å². The van der Waals surface area contributed by atoms with Crippen LogP contribution in [0.1, 0.15) is 24.3 Å². The third-order valence-corrected chi connectivity index (χ3v) is 8.11. The molecule has 1 aliphatic rings. The van der Waals surface area contributed by atoms with Crippen molar-refractivity contribution in [1.82, 2.24) is 19.9 Å². The van der Waals surface area contributed by atoms with E-state index in [-0.39, 0.29) is 5.91 Å². The van der Waals surface area contributed by atoms with E-state index in [1.54, 1.807) is 6.20 Å². The minimum Gasteiger partial charge on any atom is -0.369 e. The van der Waals surface area contributed by atoms with Gasteiger partial charge in [0, 0.05) is 55.2 Å². The molecule has 7 nitrogen and oxygen atoms in total. The van der Waals surface area contributed by atoms with Crippen LogP contribution >= 0.6 is 11.3 Å². The molecule has 0 radical (unpaired) electrons. The van der Waals surface area contributed by atoms with E-state index in [2.05, 4.69) is 40.0 Å². The Morgan fingerprint density at radius 2 is 1.67 bits per heavy atom. The number of thiazole rings is 1. The van der Waals surface area contributed by atoms with Crippen LogP contribution in [0.5, 0.6) is 0 Å². The summed E-state index contributed by atoms with van der Waals surface area (Å²) in [6.07, 6.45) is 1.77. The molecule has 0 spiro atoms. The lowest BCUT2D eigenvalue weighted by molar-refractivity contribution is 0.102. The third kappa shape index (κ3) is 5.39. The van der Waals surface area contributed by atoms with Crippen LogP contribution in [0.15, 0.2) is 85.1 Å². The number of hydrogen-bond donors (Lipinski definition) is 1. The minimum atomic E-state index is -0.249. The number of nitrogens with one attached hydrogen (secondary N) is 1. The number of aromatic nitrogens is 3. The standard InChI is InChI=1S/C31H30N6OS/c1-21(2)36-15-17-37(18-16-36)23-19-27(22-9-4-3-5-10-22)33-28(20-23)29(38)34-25-12-7-6-11-24(25)30-35-26-13-8-14-32-31(26)39-30/h3-14,19-21H,15-18H2,1-2H3,(H,34,38). The van der Waals surface area contributed by atoms with Crippen molar-refractivity contribution in [3.05, 3.63) is 90.8 Å². The zero-order valence-corrected chi connectivity index (χ0v) is 22.9. The Hall–Kier alpha value is -4.14. The van der Waals surface area contributed by atoms with E-state index in [4.69, 9.17) is 9.97 Å². The fourth-order valence-corrected chi connectivity index (χ4v) is 5.87. The monoisotopic (exact) mass is 534 g/mol. The van der Waals surface area contributed by atoms with E-state index >= 15 is 0 Å². The molecule has 6 rings (SSSR count). The molecule has 3 aromatic heterocycles. The molecule has 0 aliphatic carbocycles. The topological polar surface area (TPSA) is 74.2 Å². The van der Waals surface area contributed by atoms with Gasteiger partial charge >= 0.3 is 0 Å². The number of para-hydroxylation sites is 1. The first kappa shape index (κ1) is 25.2. The first-order valence-corrected chi connectivity index (χ1v) is 14.1. The fraction of sp³-hybridized carbons (Fsp3) is 0.226. The van der Waals surface area contributed by atoms with Crippen molar-refractivity contribution < 1.29 is 4.79 Å². The molecule has 1 amide bonds. The van der Waals surface area contributed by atoms with Crippen molar-refractivity contribution >= 4 is 39.0 Å². The summed E-state index contributed by atoms with van der Waals surface area (Å²) in [5.74, 6) is -0.249. The Labute approximate surface area is 232 Å². The maximum Gasteiger partial charge on any atom is 0.274 e. The number of anilines is 2. The third-order valence-electron chi connectivity index (χ3n) is 7.09. The van der Waals surface area contributed by atoms with Gasteiger partial charge in [-0.15, -0.1) is 0 Å². The van der Waals surface area contributed by atoms with Gasteiger partial charge in [-0.2, -0.15) is 0 Å². The van der Waals surface area contributed by atoms with E-state index in [1.807, 2.05) is 72.8 Å². The number of piperazine rings is 1. The SMILES string of the molecule is CC(C)N1CCN(c2cc(C(=O)Nc3ccccc3-c3nc4cccnc4s3)nc(-c3ccccc3)c2)CC1. The van der Waals surface area contributed by atoms with Gasteiger partial charge in [-0.1, -0.05) is 53.8 Å². The van der Waals surface area contributed by atoms with Crippen molar-refractivity contribution in [3.63, 3.8) is 0 Å². The lowest BCUT2D eigenvalue weighted by Gasteiger charge is -2.38. The van der Waals surface area contributed by atoms with Crippen LogP contribution in [0, 0.1) is 0 Å². The zero-order valence-electron chi connectivity index (χ0n) is 22.0. The van der Waals surface area contributed by atoms with Gasteiger partial charge in [0.25, 0.3) is 5.91 Å². The van der Waals surface area contributed by atoms with Gasteiger partial charge in [-0.25, -0.2) is 15.0 Å². The molecule has 8 heteroatoms. The summed E-state index contributed by atoms with van der Waals surface area (Å²) in [6, 6.07) is 26.1. The lowest BCUT2D eigenvalue weighted by Crippen LogP contribution is -2.49. The van der Waals surface area contributed by atoms with E-state index < -0.39 is 0 Å². The maximum atomic E-state index is 13.7. The lowest BCUT2D eigenvalue weighted by atomic mass is 10.1. The Bertz CT molecular complexity index is 1580. The van der Waals surface area contributed by atoms with E-state index in [9.17, 15) is 4.79 Å². The van der Waals surface area contributed by atoms with Crippen molar-refractivity contribution in [2.24, 2.45) is 0 Å². The number of hydrogen-bond acceptors (Lipinski definition) is 7. The van der Waals surface area contributed by atoms with Crippen LogP contribution in [0.3, 0.4) is 0 Å². The molecule has 0 bridgehead atoms. The van der Waals surface area contributed by atoms with Gasteiger partial charge in [0.15, 0.2) is 0 Å². The number of nitrogens with zero attached hydrogens (tertiary/aromatic N) is 5. The molecular formula is C31H30N6OS. The quantitative estimate of drug-likeness (QED) is 0.280. The second-order valence-corrected chi connectivity index (χ2v) is 10.9. The second kappa shape index (κ2) is 10.9. The molecular weight excluding hydrogens is 504 g/mol. The number of carbonyl (C=O) groups excluding carboxylic acids is 1. The normalized spacial score (nSPS) is 14.2. The zero-order chi connectivity index (χ0) is 26.8. The van der Waals surface area contributed by atoms with Crippen molar-refractivity contribution in [2.45, 2.75) is 19.9 Å². The maximum absolute atomic E-state index is 13.7. The minimum absolute atomic E-state index is 0.249. The van der Waals surface area contributed by atoms with Crippen molar-refractivity contribution in [2.75, 3.05) is 36.4 Å². The highest BCUT2D eigenvalue weighted by Crippen LogP contribution is 2.34. The molecule has 0 unspecified atom stereocenters. The molecule has 5 aromatic rings. The summed E-state index contributed by atoms with van der Waals surface area (Å²) in [4.78, 5) is 33.4. The highest BCUT2D eigenvalue weighted by molar-refractivity contribution is 7.21. The van der Waals surface area contributed by atoms with E-state index in [1.165, 1.54) is 11.3 Å². The summed E-state index contributed by atoms with van der Waals surface area (Å²) < 4.78 is 0. The van der Waals surface area contributed by atoms with Gasteiger partial charge in [0.1, 0.15) is 21.0 Å². The molecule has 196 valence electrons. The number of rotatable bonds is 6. The van der Waals surface area contributed by atoms with Crippen LogP contribution in [-0.2, 0) is 0 Å². The van der Waals surface area contributed by atoms with Crippen molar-refractivity contribution in [3.8, 4) is 21.8 Å². The Morgan fingerprint density at radius 3 is 2.44 bits per heavy atom. The van der Waals surface area contributed by atoms with Crippen LogP contribution < -0.4 is 10.2 Å². The molecule has 1 fully saturated rings. The van der Waals surface area contributed by atoms with Crippen LogP contribution in [-0.4, -0.2) is 58.0 Å². The average Bonchev–Trinajstić information content (AvgIpc) is 3.42. The highest BCUT2D eigenvalue weighted by Gasteiger charge is 2.22. The molecule has 2 aromatic carbocycles.